The van der Waals surface area contributed by atoms with Gasteiger partial charge in [0, 0.05) is 11.6 Å². The SMILES string of the molecule is CC1=NN(c2ccccc2)C(=O)[C@H]1C(c1ccccc1)c1ccccc1. The topological polar surface area (TPSA) is 32.7 Å². The van der Waals surface area contributed by atoms with Crippen LogP contribution in [0, 0.1) is 5.92 Å². The lowest BCUT2D eigenvalue weighted by atomic mass is 9.78. The fraction of sp³-hybridized carbons (Fsp3) is 0.130. The molecule has 128 valence electrons. The van der Waals surface area contributed by atoms with Gasteiger partial charge in [-0.05, 0) is 30.2 Å². The van der Waals surface area contributed by atoms with Gasteiger partial charge < -0.3 is 0 Å². The summed E-state index contributed by atoms with van der Waals surface area (Å²) in [6, 6.07) is 30.0. The van der Waals surface area contributed by atoms with Gasteiger partial charge in [-0.3, -0.25) is 4.79 Å². The van der Waals surface area contributed by atoms with Crippen molar-refractivity contribution >= 4 is 17.3 Å². The van der Waals surface area contributed by atoms with Gasteiger partial charge in [0.1, 0.15) is 0 Å². The molecule has 1 amide bonds. The van der Waals surface area contributed by atoms with Crippen LogP contribution in [0.25, 0.3) is 0 Å². The molecule has 1 atom stereocenters. The van der Waals surface area contributed by atoms with Crippen LogP contribution in [-0.4, -0.2) is 11.6 Å². The highest BCUT2D eigenvalue weighted by Crippen LogP contribution is 2.38. The summed E-state index contributed by atoms with van der Waals surface area (Å²) in [4.78, 5) is 13.3. The highest BCUT2D eigenvalue weighted by molar-refractivity contribution is 6.15. The van der Waals surface area contributed by atoms with Crippen LogP contribution in [-0.2, 0) is 4.79 Å². The Labute approximate surface area is 153 Å². The molecule has 0 fully saturated rings. The first-order chi connectivity index (χ1) is 12.8. The number of rotatable bonds is 4. The summed E-state index contributed by atoms with van der Waals surface area (Å²) >= 11 is 0. The van der Waals surface area contributed by atoms with Crippen LogP contribution < -0.4 is 5.01 Å². The minimum atomic E-state index is -0.306. The third-order valence-electron chi connectivity index (χ3n) is 4.83. The van der Waals surface area contributed by atoms with Crippen molar-refractivity contribution in [2.75, 3.05) is 5.01 Å². The van der Waals surface area contributed by atoms with E-state index < -0.39 is 0 Å². The lowest BCUT2D eigenvalue weighted by Crippen LogP contribution is -2.32. The highest BCUT2D eigenvalue weighted by Gasteiger charge is 2.41. The van der Waals surface area contributed by atoms with E-state index >= 15 is 0 Å². The largest absolute Gasteiger partial charge is 0.272 e. The molecule has 4 rings (SSSR count). The number of hydrogen-bond donors (Lipinski definition) is 0. The quantitative estimate of drug-likeness (QED) is 0.668. The summed E-state index contributed by atoms with van der Waals surface area (Å²) in [7, 11) is 0. The molecule has 0 aliphatic carbocycles. The van der Waals surface area contributed by atoms with Gasteiger partial charge in [0.05, 0.1) is 11.6 Å². The number of benzene rings is 3. The standard InChI is InChI=1S/C23H20N2O/c1-17-21(23(26)25(24-17)20-15-9-4-10-16-20)22(18-11-5-2-6-12-18)19-13-7-3-8-14-19/h2-16,21-22H,1H3/t21-/m1/s1. The number of carbonyl (C=O) groups is 1. The van der Waals surface area contributed by atoms with Crippen LogP contribution in [0.5, 0.6) is 0 Å². The van der Waals surface area contributed by atoms with E-state index in [1.807, 2.05) is 73.7 Å². The van der Waals surface area contributed by atoms with Crippen LogP contribution >= 0.6 is 0 Å². The van der Waals surface area contributed by atoms with E-state index in [-0.39, 0.29) is 17.7 Å². The summed E-state index contributed by atoms with van der Waals surface area (Å²) in [6.45, 7) is 1.95. The molecule has 26 heavy (non-hydrogen) atoms. The van der Waals surface area contributed by atoms with Gasteiger partial charge in [-0.25, -0.2) is 5.01 Å². The first-order valence-electron chi connectivity index (χ1n) is 8.80. The Balaban J connectivity index is 1.77. The van der Waals surface area contributed by atoms with E-state index in [2.05, 4.69) is 29.4 Å². The summed E-state index contributed by atoms with van der Waals surface area (Å²) in [5.41, 5.74) is 3.90. The Morgan fingerprint density at radius 1 is 0.769 bits per heavy atom. The van der Waals surface area contributed by atoms with Gasteiger partial charge >= 0.3 is 0 Å². The second-order valence-corrected chi connectivity index (χ2v) is 6.50. The second-order valence-electron chi connectivity index (χ2n) is 6.50. The Morgan fingerprint density at radius 2 is 1.23 bits per heavy atom. The molecule has 3 nitrogen and oxygen atoms in total. The van der Waals surface area contributed by atoms with E-state index in [9.17, 15) is 4.79 Å². The number of hydrogen-bond acceptors (Lipinski definition) is 2. The summed E-state index contributed by atoms with van der Waals surface area (Å²) < 4.78 is 0. The summed E-state index contributed by atoms with van der Waals surface area (Å²) in [5, 5.41) is 6.13. The maximum atomic E-state index is 13.3. The first-order valence-corrected chi connectivity index (χ1v) is 8.80. The van der Waals surface area contributed by atoms with Gasteiger partial charge in [-0.2, -0.15) is 5.10 Å². The maximum absolute atomic E-state index is 13.3. The lowest BCUT2D eigenvalue weighted by molar-refractivity contribution is -0.120. The number of anilines is 1. The van der Waals surface area contributed by atoms with E-state index in [1.54, 1.807) is 5.01 Å². The zero-order chi connectivity index (χ0) is 17.9. The van der Waals surface area contributed by atoms with Gasteiger partial charge in [-0.15, -0.1) is 0 Å². The third-order valence-corrected chi connectivity index (χ3v) is 4.83. The molecular formula is C23H20N2O. The minimum absolute atomic E-state index is 0.0198. The summed E-state index contributed by atoms with van der Waals surface area (Å²) in [5.74, 6) is -0.339. The molecule has 3 aromatic carbocycles. The van der Waals surface area contributed by atoms with Crippen LogP contribution in [0.1, 0.15) is 24.0 Å². The predicted octanol–water partition coefficient (Wildman–Crippen LogP) is 4.86. The Morgan fingerprint density at radius 3 is 1.73 bits per heavy atom. The van der Waals surface area contributed by atoms with Crippen LogP contribution in [0.4, 0.5) is 5.69 Å². The van der Waals surface area contributed by atoms with Gasteiger partial charge in [0.2, 0.25) is 0 Å². The summed E-state index contributed by atoms with van der Waals surface area (Å²) in [6.07, 6.45) is 0. The number of nitrogens with zero attached hydrogens (tertiary/aromatic N) is 2. The minimum Gasteiger partial charge on any atom is -0.272 e. The Kier molecular flexibility index (Phi) is 4.36. The molecule has 3 aromatic rings. The lowest BCUT2D eigenvalue weighted by Gasteiger charge is -2.24. The van der Waals surface area contributed by atoms with Crippen molar-refractivity contribution in [3.05, 3.63) is 102 Å². The average molecular weight is 340 g/mol. The van der Waals surface area contributed by atoms with Gasteiger partial charge in [-0.1, -0.05) is 78.9 Å². The number of para-hydroxylation sites is 1. The van der Waals surface area contributed by atoms with Gasteiger partial charge in [0.25, 0.3) is 5.91 Å². The number of carbonyl (C=O) groups excluding carboxylic acids is 1. The molecule has 1 heterocycles. The van der Waals surface area contributed by atoms with E-state index in [1.165, 1.54) is 0 Å². The van der Waals surface area contributed by atoms with Crippen molar-refractivity contribution in [3.8, 4) is 0 Å². The third kappa shape index (κ3) is 2.92. The normalized spacial score (nSPS) is 16.8. The predicted molar refractivity (Wildman–Crippen MR) is 105 cm³/mol. The maximum Gasteiger partial charge on any atom is 0.257 e. The zero-order valence-electron chi connectivity index (χ0n) is 14.6. The molecule has 0 saturated carbocycles. The van der Waals surface area contributed by atoms with Crippen molar-refractivity contribution in [2.45, 2.75) is 12.8 Å². The fourth-order valence-electron chi connectivity index (χ4n) is 3.62. The van der Waals surface area contributed by atoms with E-state index in [0.29, 0.717) is 0 Å². The molecule has 1 aliphatic rings. The second kappa shape index (κ2) is 6.96. The molecular weight excluding hydrogens is 320 g/mol. The molecule has 0 aromatic heterocycles. The highest BCUT2D eigenvalue weighted by atomic mass is 16.2. The van der Waals surface area contributed by atoms with Crippen LogP contribution in [0.15, 0.2) is 96.1 Å². The monoisotopic (exact) mass is 340 g/mol. The zero-order valence-corrected chi connectivity index (χ0v) is 14.6. The molecule has 3 heteroatoms. The molecule has 0 spiro atoms. The van der Waals surface area contributed by atoms with Gasteiger partial charge in [0.15, 0.2) is 0 Å². The van der Waals surface area contributed by atoms with Crippen molar-refractivity contribution in [3.63, 3.8) is 0 Å². The number of amides is 1. The van der Waals surface area contributed by atoms with E-state index in [0.717, 1.165) is 22.5 Å². The fourth-order valence-corrected chi connectivity index (χ4v) is 3.62. The number of hydrazone groups is 1. The van der Waals surface area contributed by atoms with Crippen molar-refractivity contribution in [1.29, 1.82) is 0 Å². The van der Waals surface area contributed by atoms with Crippen molar-refractivity contribution < 1.29 is 4.79 Å². The Hall–Kier alpha value is -3.20. The first kappa shape index (κ1) is 16.3. The average Bonchev–Trinajstić information content (AvgIpc) is 2.99. The molecule has 0 N–H and O–H groups in total. The van der Waals surface area contributed by atoms with Crippen LogP contribution in [0.2, 0.25) is 0 Å². The van der Waals surface area contributed by atoms with E-state index in [4.69, 9.17) is 0 Å². The Bertz CT molecular complexity index is 881. The molecule has 0 radical (unpaired) electrons. The van der Waals surface area contributed by atoms with Crippen LogP contribution in [0.3, 0.4) is 0 Å². The van der Waals surface area contributed by atoms with Crippen molar-refractivity contribution in [2.24, 2.45) is 11.0 Å². The molecule has 0 bridgehead atoms. The molecule has 0 saturated heterocycles. The van der Waals surface area contributed by atoms with Crippen molar-refractivity contribution in [1.82, 2.24) is 0 Å². The molecule has 1 aliphatic heterocycles. The molecule has 0 unspecified atom stereocenters. The smallest absolute Gasteiger partial charge is 0.257 e.